The minimum Gasteiger partial charge on any atom is -0.301 e. The molecule has 162 valence electrons. The van der Waals surface area contributed by atoms with Gasteiger partial charge in [-0.25, -0.2) is 0 Å². The topological polar surface area (TPSA) is 30.5 Å². The molecule has 4 nitrogen and oxygen atoms in total. The summed E-state index contributed by atoms with van der Waals surface area (Å²) in [7, 11) is 2.23. The lowest BCUT2D eigenvalue weighted by Gasteiger charge is -2.39. The average Bonchev–Trinajstić information content (AvgIpc) is 2.58. The maximum atomic E-state index is 3.68. The molecule has 0 amide bonds. The molecule has 0 aromatic heterocycles. The third-order valence-corrected chi connectivity index (χ3v) is 7.82. The van der Waals surface area contributed by atoms with Crippen LogP contribution in [0.5, 0.6) is 0 Å². The van der Waals surface area contributed by atoms with Crippen LogP contribution in [0.3, 0.4) is 0 Å². The Morgan fingerprint density at radius 2 is 1.93 bits per heavy atom. The van der Waals surface area contributed by atoms with Gasteiger partial charge < -0.3 is 5.32 Å². The smallest absolute Gasteiger partial charge is 0.0488 e. The van der Waals surface area contributed by atoms with E-state index < -0.39 is 0 Å². The fourth-order valence-corrected chi connectivity index (χ4v) is 5.31. The maximum absolute atomic E-state index is 3.68. The molecule has 0 aromatic rings. The Kier molecular flexibility index (Phi) is 11.9. The standard InChI is InChI=1S/C22H48N4S/c1-9-21(27-15-22(5,6)7)20(4)24-16-23-17-25(8)14-19(3)26-13-11-10-12-18(26)2/h18-21,23-24H,9-17H2,1-8H3. The van der Waals surface area contributed by atoms with E-state index in [1.165, 1.54) is 38.0 Å². The van der Waals surface area contributed by atoms with Crippen LogP contribution in [-0.2, 0) is 0 Å². The van der Waals surface area contributed by atoms with Crippen LogP contribution in [0.1, 0.15) is 74.1 Å². The van der Waals surface area contributed by atoms with Gasteiger partial charge in [-0.1, -0.05) is 34.1 Å². The van der Waals surface area contributed by atoms with Crippen LogP contribution in [-0.4, -0.2) is 72.4 Å². The fraction of sp³-hybridized carbons (Fsp3) is 1.00. The highest BCUT2D eigenvalue weighted by molar-refractivity contribution is 8.00. The average molecular weight is 401 g/mol. The van der Waals surface area contributed by atoms with E-state index in [-0.39, 0.29) is 0 Å². The van der Waals surface area contributed by atoms with E-state index in [9.17, 15) is 0 Å². The van der Waals surface area contributed by atoms with E-state index in [1.807, 2.05) is 0 Å². The summed E-state index contributed by atoms with van der Waals surface area (Å²) in [6.45, 7) is 20.6. The van der Waals surface area contributed by atoms with E-state index >= 15 is 0 Å². The van der Waals surface area contributed by atoms with Crippen molar-refractivity contribution in [1.29, 1.82) is 0 Å². The van der Waals surface area contributed by atoms with Gasteiger partial charge in [-0.15, -0.1) is 0 Å². The predicted octanol–water partition coefficient (Wildman–Crippen LogP) is 4.22. The number of likely N-dealkylation sites (N-methyl/N-ethyl adjacent to an activating group) is 1. The van der Waals surface area contributed by atoms with Crippen LogP contribution in [0.25, 0.3) is 0 Å². The Morgan fingerprint density at radius 3 is 2.52 bits per heavy atom. The molecule has 1 aliphatic heterocycles. The second-order valence-corrected chi connectivity index (χ2v) is 11.1. The highest BCUT2D eigenvalue weighted by Gasteiger charge is 2.23. The van der Waals surface area contributed by atoms with Gasteiger partial charge in [0.25, 0.3) is 0 Å². The van der Waals surface area contributed by atoms with E-state index in [2.05, 4.69) is 87.7 Å². The van der Waals surface area contributed by atoms with Gasteiger partial charge in [0.2, 0.25) is 0 Å². The minimum atomic E-state index is 0.404. The van der Waals surface area contributed by atoms with E-state index in [0.29, 0.717) is 22.7 Å². The van der Waals surface area contributed by atoms with Crippen LogP contribution < -0.4 is 10.6 Å². The van der Waals surface area contributed by atoms with E-state index in [4.69, 9.17) is 0 Å². The van der Waals surface area contributed by atoms with Gasteiger partial charge in [0.15, 0.2) is 0 Å². The molecule has 1 aliphatic rings. The second-order valence-electron chi connectivity index (χ2n) is 9.87. The van der Waals surface area contributed by atoms with Gasteiger partial charge in [-0.3, -0.25) is 15.1 Å². The van der Waals surface area contributed by atoms with Crippen molar-refractivity contribution in [2.75, 3.05) is 39.2 Å². The Labute approximate surface area is 174 Å². The minimum absolute atomic E-state index is 0.404. The Morgan fingerprint density at radius 1 is 1.22 bits per heavy atom. The molecule has 2 N–H and O–H groups in total. The predicted molar refractivity (Wildman–Crippen MR) is 124 cm³/mol. The van der Waals surface area contributed by atoms with Crippen LogP contribution in [0.15, 0.2) is 0 Å². The third-order valence-electron chi connectivity index (χ3n) is 5.62. The summed E-state index contributed by atoms with van der Waals surface area (Å²) in [6.07, 6.45) is 5.35. The van der Waals surface area contributed by atoms with Crippen molar-refractivity contribution in [1.82, 2.24) is 20.4 Å². The number of piperidine rings is 1. The molecule has 4 unspecified atom stereocenters. The number of thioether (sulfide) groups is 1. The van der Waals surface area contributed by atoms with Gasteiger partial charge in [-0.05, 0) is 64.8 Å². The maximum Gasteiger partial charge on any atom is 0.0488 e. The molecule has 0 spiro atoms. The van der Waals surface area contributed by atoms with Gasteiger partial charge >= 0.3 is 0 Å². The summed E-state index contributed by atoms with van der Waals surface area (Å²) < 4.78 is 0. The lowest BCUT2D eigenvalue weighted by atomic mass is 10.0. The van der Waals surface area contributed by atoms with Crippen molar-refractivity contribution in [3.05, 3.63) is 0 Å². The SMILES string of the molecule is CCC(SCC(C)(C)C)C(C)NCNCN(C)CC(C)N1CCCCC1C. The van der Waals surface area contributed by atoms with Crippen LogP contribution in [0, 0.1) is 5.41 Å². The molecule has 27 heavy (non-hydrogen) atoms. The normalized spacial score (nSPS) is 22.8. The first-order valence-electron chi connectivity index (χ1n) is 11.1. The Bertz CT molecular complexity index is 385. The molecule has 1 rings (SSSR count). The zero-order valence-electron chi connectivity index (χ0n) is 19.5. The molecule has 1 fully saturated rings. The largest absolute Gasteiger partial charge is 0.301 e. The fourth-order valence-electron chi connectivity index (χ4n) is 3.98. The Balaban J connectivity index is 2.21. The number of hydrogen-bond acceptors (Lipinski definition) is 5. The van der Waals surface area contributed by atoms with Gasteiger partial charge in [0.1, 0.15) is 0 Å². The molecule has 1 saturated heterocycles. The number of likely N-dealkylation sites (tertiary alicyclic amines) is 1. The third kappa shape index (κ3) is 10.5. The molecule has 4 atom stereocenters. The van der Waals surface area contributed by atoms with Crippen molar-refractivity contribution in [3.8, 4) is 0 Å². The first-order chi connectivity index (χ1) is 12.6. The van der Waals surface area contributed by atoms with Crippen molar-refractivity contribution in [2.24, 2.45) is 5.41 Å². The number of hydrogen-bond donors (Lipinski definition) is 2. The molecule has 1 heterocycles. The summed E-state index contributed by atoms with van der Waals surface area (Å²) in [5.74, 6) is 1.22. The lowest BCUT2D eigenvalue weighted by molar-refractivity contribution is 0.0899. The summed E-state index contributed by atoms with van der Waals surface area (Å²) in [5.41, 5.74) is 0.404. The number of rotatable bonds is 12. The molecular weight excluding hydrogens is 352 g/mol. The molecule has 0 bridgehead atoms. The highest BCUT2D eigenvalue weighted by Crippen LogP contribution is 2.27. The summed E-state index contributed by atoms with van der Waals surface area (Å²) >= 11 is 2.12. The molecular formula is C22H48N4S. The first kappa shape index (κ1) is 25.2. The summed E-state index contributed by atoms with van der Waals surface area (Å²) in [6, 6.07) is 1.92. The van der Waals surface area contributed by atoms with E-state index in [1.54, 1.807) is 0 Å². The van der Waals surface area contributed by atoms with E-state index in [0.717, 1.165) is 25.9 Å². The van der Waals surface area contributed by atoms with Crippen LogP contribution >= 0.6 is 11.8 Å². The van der Waals surface area contributed by atoms with Crippen molar-refractivity contribution >= 4 is 11.8 Å². The van der Waals surface area contributed by atoms with Gasteiger partial charge in [-0.2, -0.15) is 11.8 Å². The van der Waals surface area contributed by atoms with Gasteiger partial charge in [0, 0.05) is 43.3 Å². The molecule has 0 saturated carbocycles. The quantitative estimate of drug-likeness (QED) is 0.378. The molecule has 0 aromatic carbocycles. The molecule has 0 aliphatic carbocycles. The zero-order valence-corrected chi connectivity index (χ0v) is 20.3. The van der Waals surface area contributed by atoms with Crippen molar-refractivity contribution in [3.63, 3.8) is 0 Å². The monoisotopic (exact) mass is 400 g/mol. The lowest BCUT2D eigenvalue weighted by Crippen LogP contribution is -2.50. The van der Waals surface area contributed by atoms with Crippen molar-refractivity contribution < 1.29 is 0 Å². The second kappa shape index (κ2) is 12.7. The van der Waals surface area contributed by atoms with Crippen LogP contribution in [0.4, 0.5) is 0 Å². The zero-order chi connectivity index (χ0) is 20.4. The molecule has 0 radical (unpaired) electrons. The van der Waals surface area contributed by atoms with Crippen LogP contribution in [0.2, 0.25) is 0 Å². The number of nitrogens with zero attached hydrogens (tertiary/aromatic N) is 2. The van der Waals surface area contributed by atoms with Gasteiger partial charge in [0.05, 0.1) is 0 Å². The molecule has 5 heteroatoms. The highest BCUT2D eigenvalue weighted by atomic mass is 32.2. The summed E-state index contributed by atoms with van der Waals surface area (Å²) in [5, 5.41) is 7.94. The Hall–Kier alpha value is 0.190. The summed E-state index contributed by atoms with van der Waals surface area (Å²) in [4.78, 5) is 5.11. The van der Waals surface area contributed by atoms with Crippen molar-refractivity contribution in [2.45, 2.75) is 97.5 Å². The first-order valence-corrected chi connectivity index (χ1v) is 12.2. The number of nitrogens with one attached hydrogen (secondary N) is 2.